The van der Waals surface area contributed by atoms with E-state index in [2.05, 4.69) is 26.8 Å². The predicted octanol–water partition coefficient (Wildman–Crippen LogP) is 2.58. The lowest BCUT2D eigenvalue weighted by Crippen LogP contribution is -2.46. The molecule has 0 unspecified atom stereocenters. The molecule has 1 aromatic carbocycles. The molecule has 0 N–H and O–H groups in total. The van der Waals surface area contributed by atoms with Gasteiger partial charge >= 0.3 is 0 Å². The highest BCUT2D eigenvalue weighted by Crippen LogP contribution is 2.27. The molecule has 148 valence electrons. The maximum atomic E-state index is 14.0. The van der Waals surface area contributed by atoms with Gasteiger partial charge in [-0.2, -0.15) is 4.52 Å². The number of nitrogens with zero attached hydrogens (tertiary/aromatic N) is 5. The van der Waals surface area contributed by atoms with Crippen molar-refractivity contribution >= 4 is 27.1 Å². The summed E-state index contributed by atoms with van der Waals surface area (Å²) >= 11 is 1.43. The van der Waals surface area contributed by atoms with E-state index in [0.29, 0.717) is 4.96 Å². The summed E-state index contributed by atoms with van der Waals surface area (Å²) in [4.78, 5) is 21.8. The Morgan fingerprint density at radius 3 is 2.61 bits per heavy atom. The van der Waals surface area contributed by atoms with Crippen molar-refractivity contribution in [3.05, 3.63) is 46.1 Å². The van der Waals surface area contributed by atoms with E-state index in [0.717, 1.165) is 55.5 Å². The minimum Gasteiger partial charge on any atom is -0.494 e. The number of methoxy groups -OCH3 is 1. The fourth-order valence-corrected chi connectivity index (χ4v) is 4.34. The molecule has 0 radical (unpaired) electrons. The zero-order chi connectivity index (χ0) is 19.7. The summed E-state index contributed by atoms with van der Waals surface area (Å²) < 4.78 is 20.3. The standard InChI is InChI=1S/C19H22FN5O2S/c1-3-4-13-11-17(26)25-18(21-13)28-19(22-25)24-9-7-23(8-10-24)14-5-6-16(27-2)15(20)12-14/h5-6,11-12H,3-4,7-10H2,1-2H3. The van der Waals surface area contributed by atoms with Gasteiger partial charge in [0.15, 0.2) is 11.6 Å². The molecular weight excluding hydrogens is 381 g/mol. The van der Waals surface area contributed by atoms with Crippen LogP contribution >= 0.6 is 11.3 Å². The van der Waals surface area contributed by atoms with E-state index in [1.54, 1.807) is 12.1 Å². The second-order valence-corrected chi connectivity index (χ2v) is 7.64. The zero-order valence-electron chi connectivity index (χ0n) is 15.9. The fourth-order valence-electron chi connectivity index (χ4n) is 3.37. The third-order valence-electron chi connectivity index (χ3n) is 4.84. The van der Waals surface area contributed by atoms with Gasteiger partial charge in [0.05, 0.1) is 7.11 Å². The highest BCUT2D eigenvalue weighted by Gasteiger charge is 2.22. The number of rotatable bonds is 5. The first-order valence-corrected chi connectivity index (χ1v) is 10.1. The first kappa shape index (κ1) is 18.7. The molecule has 1 aliphatic rings. The Hall–Kier alpha value is -2.68. The third-order valence-corrected chi connectivity index (χ3v) is 5.81. The van der Waals surface area contributed by atoms with E-state index in [1.807, 2.05) is 6.07 Å². The highest BCUT2D eigenvalue weighted by atomic mass is 32.1. The minimum atomic E-state index is -0.359. The van der Waals surface area contributed by atoms with E-state index in [1.165, 1.54) is 29.0 Å². The van der Waals surface area contributed by atoms with Crippen LogP contribution in [0.5, 0.6) is 5.75 Å². The molecule has 7 nitrogen and oxygen atoms in total. The van der Waals surface area contributed by atoms with E-state index in [9.17, 15) is 9.18 Å². The van der Waals surface area contributed by atoms with Crippen molar-refractivity contribution in [1.82, 2.24) is 14.6 Å². The minimum absolute atomic E-state index is 0.136. The van der Waals surface area contributed by atoms with Crippen molar-refractivity contribution in [2.75, 3.05) is 43.1 Å². The molecule has 0 bridgehead atoms. The monoisotopic (exact) mass is 403 g/mol. The van der Waals surface area contributed by atoms with Gasteiger partial charge in [0.25, 0.3) is 5.56 Å². The van der Waals surface area contributed by atoms with Gasteiger partial charge < -0.3 is 14.5 Å². The number of piperazine rings is 1. The van der Waals surface area contributed by atoms with Gasteiger partial charge in [-0.05, 0) is 18.6 Å². The number of aryl methyl sites for hydroxylation is 1. The van der Waals surface area contributed by atoms with Crippen LogP contribution in [-0.4, -0.2) is 47.9 Å². The van der Waals surface area contributed by atoms with Crippen molar-refractivity contribution < 1.29 is 9.13 Å². The van der Waals surface area contributed by atoms with Crippen LogP contribution in [0.15, 0.2) is 29.1 Å². The number of aromatic nitrogens is 3. The topological polar surface area (TPSA) is 63.0 Å². The molecule has 0 atom stereocenters. The van der Waals surface area contributed by atoms with Gasteiger partial charge in [0, 0.05) is 49.7 Å². The Morgan fingerprint density at radius 2 is 1.93 bits per heavy atom. The Labute approximate surface area is 166 Å². The molecule has 3 aromatic rings. The van der Waals surface area contributed by atoms with Crippen molar-refractivity contribution in [2.45, 2.75) is 19.8 Å². The van der Waals surface area contributed by atoms with Gasteiger partial charge in [-0.3, -0.25) is 4.79 Å². The molecule has 1 aliphatic heterocycles. The normalized spacial score (nSPS) is 14.7. The summed E-state index contributed by atoms with van der Waals surface area (Å²) in [7, 11) is 1.46. The molecule has 0 aliphatic carbocycles. The second-order valence-electron chi connectivity index (χ2n) is 6.71. The van der Waals surface area contributed by atoms with Crippen LogP contribution in [0.25, 0.3) is 4.96 Å². The average Bonchev–Trinajstić information content (AvgIpc) is 3.13. The lowest BCUT2D eigenvalue weighted by molar-refractivity contribution is 0.386. The molecule has 9 heteroatoms. The quantitative estimate of drug-likeness (QED) is 0.653. The number of ether oxygens (including phenoxy) is 1. The van der Waals surface area contributed by atoms with E-state index >= 15 is 0 Å². The van der Waals surface area contributed by atoms with Gasteiger partial charge in [0.2, 0.25) is 10.1 Å². The summed E-state index contributed by atoms with van der Waals surface area (Å²) in [6, 6.07) is 6.59. The predicted molar refractivity (Wildman–Crippen MR) is 109 cm³/mol. The van der Waals surface area contributed by atoms with Crippen LogP contribution in [0.1, 0.15) is 19.0 Å². The SMILES string of the molecule is CCCc1cc(=O)n2nc(N3CCN(c4ccc(OC)c(F)c4)CC3)sc2n1. The first-order chi connectivity index (χ1) is 13.6. The summed E-state index contributed by atoms with van der Waals surface area (Å²) in [5.74, 6) is -0.112. The van der Waals surface area contributed by atoms with E-state index in [4.69, 9.17) is 4.74 Å². The van der Waals surface area contributed by atoms with Crippen LogP contribution in [0.4, 0.5) is 15.2 Å². The Kier molecular flexibility index (Phi) is 5.17. The third kappa shape index (κ3) is 3.54. The van der Waals surface area contributed by atoms with Crippen molar-refractivity contribution in [3.8, 4) is 5.75 Å². The van der Waals surface area contributed by atoms with E-state index < -0.39 is 0 Å². The second kappa shape index (κ2) is 7.75. The highest BCUT2D eigenvalue weighted by molar-refractivity contribution is 7.20. The maximum Gasteiger partial charge on any atom is 0.275 e. The van der Waals surface area contributed by atoms with Gasteiger partial charge in [-0.25, -0.2) is 9.37 Å². The van der Waals surface area contributed by atoms with Crippen molar-refractivity contribution in [2.24, 2.45) is 0 Å². The van der Waals surface area contributed by atoms with Gasteiger partial charge in [-0.1, -0.05) is 24.7 Å². The van der Waals surface area contributed by atoms with Crippen LogP contribution in [-0.2, 0) is 6.42 Å². The van der Waals surface area contributed by atoms with Crippen molar-refractivity contribution in [1.29, 1.82) is 0 Å². The molecule has 4 rings (SSSR count). The van der Waals surface area contributed by atoms with Crippen molar-refractivity contribution in [3.63, 3.8) is 0 Å². The summed E-state index contributed by atoms with van der Waals surface area (Å²) in [6.45, 7) is 5.03. The number of benzene rings is 1. The smallest absolute Gasteiger partial charge is 0.275 e. The van der Waals surface area contributed by atoms with Crippen LogP contribution in [0.3, 0.4) is 0 Å². The zero-order valence-corrected chi connectivity index (χ0v) is 16.7. The molecular formula is C19H22FN5O2S. The lowest BCUT2D eigenvalue weighted by Gasteiger charge is -2.35. The lowest BCUT2D eigenvalue weighted by atomic mass is 10.2. The number of hydrogen-bond donors (Lipinski definition) is 0. The Morgan fingerprint density at radius 1 is 1.18 bits per heavy atom. The van der Waals surface area contributed by atoms with E-state index in [-0.39, 0.29) is 17.1 Å². The summed E-state index contributed by atoms with van der Waals surface area (Å²) in [5, 5.41) is 5.25. The fraction of sp³-hybridized carbons (Fsp3) is 0.421. The molecule has 28 heavy (non-hydrogen) atoms. The average molecular weight is 403 g/mol. The van der Waals surface area contributed by atoms with Crippen LogP contribution in [0, 0.1) is 5.82 Å². The molecule has 2 aromatic heterocycles. The van der Waals surface area contributed by atoms with Crippen LogP contribution < -0.4 is 20.1 Å². The first-order valence-electron chi connectivity index (χ1n) is 9.32. The summed E-state index contributed by atoms with van der Waals surface area (Å²) in [5.41, 5.74) is 1.52. The van der Waals surface area contributed by atoms with Gasteiger partial charge in [-0.15, -0.1) is 5.10 Å². The Balaban J connectivity index is 1.50. The number of fused-ring (bicyclic) bond motifs is 1. The van der Waals surface area contributed by atoms with Gasteiger partial charge in [0.1, 0.15) is 0 Å². The Bertz CT molecular complexity index is 1040. The number of hydrogen-bond acceptors (Lipinski definition) is 7. The summed E-state index contributed by atoms with van der Waals surface area (Å²) in [6.07, 6.45) is 1.73. The number of anilines is 2. The van der Waals surface area contributed by atoms with Crippen LogP contribution in [0.2, 0.25) is 0 Å². The molecule has 1 saturated heterocycles. The largest absolute Gasteiger partial charge is 0.494 e. The molecule has 0 spiro atoms. The molecule has 3 heterocycles. The molecule has 0 saturated carbocycles. The maximum absolute atomic E-state index is 14.0. The molecule has 0 amide bonds. The number of halogens is 1. The molecule has 1 fully saturated rings.